The average Bonchev–Trinajstić information content (AvgIpc) is 2.66. The Morgan fingerprint density at radius 3 is 2.71 bits per heavy atom. The van der Waals surface area contributed by atoms with Gasteiger partial charge < -0.3 is 20.5 Å². The highest BCUT2D eigenvalue weighted by atomic mass is 79.9. The van der Waals surface area contributed by atoms with E-state index >= 15 is 0 Å². The molecule has 0 spiro atoms. The second-order valence-electron chi connectivity index (χ2n) is 5.46. The van der Waals surface area contributed by atoms with E-state index in [1.807, 2.05) is 24.3 Å². The van der Waals surface area contributed by atoms with Gasteiger partial charge in [0.05, 0.1) is 11.6 Å². The van der Waals surface area contributed by atoms with Gasteiger partial charge in [0, 0.05) is 22.1 Å². The van der Waals surface area contributed by atoms with Crippen LogP contribution in [0.3, 0.4) is 0 Å². The zero-order valence-electron chi connectivity index (χ0n) is 14.6. The first-order chi connectivity index (χ1) is 13.4. The van der Waals surface area contributed by atoms with Gasteiger partial charge in [0.1, 0.15) is 17.3 Å². The Morgan fingerprint density at radius 2 is 2.00 bits per heavy atom. The SMILES string of the molecule is COc1cccc(Sc2cnc(NC(N)=S)c(Oc3ccc(F)cc3Br)c2)c1. The number of aromatic nitrogens is 1. The number of benzene rings is 2. The van der Waals surface area contributed by atoms with Gasteiger partial charge in [-0.3, -0.25) is 0 Å². The third kappa shape index (κ3) is 5.34. The summed E-state index contributed by atoms with van der Waals surface area (Å²) in [6, 6.07) is 13.6. The van der Waals surface area contributed by atoms with E-state index < -0.39 is 0 Å². The van der Waals surface area contributed by atoms with E-state index in [2.05, 4.69) is 26.2 Å². The number of thiocarbonyl (C=S) groups is 1. The van der Waals surface area contributed by atoms with Crippen molar-refractivity contribution in [3.63, 3.8) is 0 Å². The van der Waals surface area contributed by atoms with Crippen molar-refractivity contribution in [3.8, 4) is 17.2 Å². The van der Waals surface area contributed by atoms with Crippen LogP contribution >= 0.6 is 39.9 Å². The van der Waals surface area contributed by atoms with E-state index in [4.69, 9.17) is 27.4 Å². The Kier molecular flexibility index (Phi) is 6.71. The first-order valence-corrected chi connectivity index (χ1v) is 9.97. The summed E-state index contributed by atoms with van der Waals surface area (Å²) in [5.74, 6) is 1.57. The Bertz CT molecular complexity index is 1020. The van der Waals surface area contributed by atoms with Crippen molar-refractivity contribution in [1.82, 2.24) is 4.98 Å². The molecule has 0 amide bonds. The summed E-state index contributed by atoms with van der Waals surface area (Å²) < 4.78 is 25.0. The van der Waals surface area contributed by atoms with E-state index in [0.717, 1.165) is 15.5 Å². The van der Waals surface area contributed by atoms with Crippen LogP contribution in [-0.2, 0) is 0 Å². The number of ether oxygens (including phenoxy) is 2. The lowest BCUT2D eigenvalue weighted by molar-refractivity contribution is 0.413. The number of anilines is 1. The molecule has 144 valence electrons. The molecule has 1 heterocycles. The number of nitrogens with two attached hydrogens (primary N) is 1. The van der Waals surface area contributed by atoms with E-state index in [9.17, 15) is 4.39 Å². The lowest BCUT2D eigenvalue weighted by Gasteiger charge is -2.14. The summed E-state index contributed by atoms with van der Waals surface area (Å²) in [6.07, 6.45) is 1.68. The fourth-order valence-corrected chi connectivity index (χ4v) is 3.64. The van der Waals surface area contributed by atoms with Crippen molar-refractivity contribution < 1.29 is 13.9 Å². The first kappa shape index (κ1) is 20.4. The molecule has 0 aliphatic rings. The standard InChI is InChI=1S/C19H15BrFN3O2S2/c1-25-12-3-2-4-13(8-12)28-14-9-17(18(23-10-14)24-19(22)27)26-16-6-5-11(21)7-15(16)20/h2-10H,1H3,(H3,22,23,24,27). The molecule has 0 bridgehead atoms. The Balaban J connectivity index is 1.92. The van der Waals surface area contributed by atoms with Crippen molar-refractivity contribution in [2.24, 2.45) is 5.73 Å². The summed E-state index contributed by atoms with van der Waals surface area (Å²) in [4.78, 5) is 6.16. The van der Waals surface area contributed by atoms with E-state index in [1.165, 1.54) is 30.0 Å². The van der Waals surface area contributed by atoms with Crippen LogP contribution in [0, 0.1) is 5.82 Å². The molecule has 0 saturated carbocycles. The molecule has 2 aromatic carbocycles. The molecule has 3 rings (SSSR count). The molecule has 0 radical (unpaired) electrons. The molecule has 1 aromatic heterocycles. The summed E-state index contributed by atoms with van der Waals surface area (Å²) in [5.41, 5.74) is 5.58. The van der Waals surface area contributed by atoms with Gasteiger partial charge in [-0.2, -0.15) is 0 Å². The maximum Gasteiger partial charge on any atom is 0.175 e. The Labute approximate surface area is 179 Å². The van der Waals surface area contributed by atoms with Crippen LogP contribution < -0.4 is 20.5 Å². The minimum atomic E-state index is -0.374. The van der Waals surface area contributed by atoms with E-state index in [-0.39, 0.29) is 10.9 Å². The fraction of sp³-hybridized carbons (Fsp3) is 0.0526. The summed E-state index contributed by atoms with van der Waals surface area (Å²) in [6.45, 7) is 0. The zero-order valence-corrected chi connectivity index (χ0v) is 17.8. The molecular formula is C19H15BrFN3O2S2. The van der Waals surface area contributed by atoms with E-state index in [0.29, 0.717) is 21.8 Å². The van der Waals surface area contributed by atoms with Crippen LogP contribution in [-0.4, -0.2) is 17.2 Å². The number of methoxy groups -OCH3 is 1. The number of nitrogens with zero attached hydrogens (tertiary/aromatic N) is 1. The molecule has 0 aliphatic heterocycles. The lowest BCUT2D eigenvalue weighted by Crippen LogP contribution is -2.20. The highest BCUT2D eigenvalue weighted by Gasteiger charge is 2.13. The highest BCUT2D eigenvalue weighted by Crippen LogP contribution is 2.37. The van der Waals surface area contributed by atoms with Gasteiger partial charge in [-0.25, -0.2) is 9.37 Å². The van der Waals surface area contributed by atoms with Crippen molar-refractivity contribution in [2.75, 3.05) is 12.4 Å². The monoisotopic (exact) mass is 479 g/mol. The van der Waals surface area contributed by atoms with Gasteiger partial charge in [-0.05, 0) is 64.5 Å². The molecule has 3 N–H and O–H groups in total. The van der Waals surface area contributed by atoms with Gasteiger partial charge in [-0.15, -0.1) is 0 Å². The van der Waals surface area contributed by atoms with Crippen LogP contribution in [0.5, 0.6) is 17.2 Å². The quantitative estimate of drug-likeness (QED) is 0.446. The Morgan fingerprint density at radius 1 is 1.18 bits per heavy atom. The number of hydrogen-bond donors (Lipinski definition) is 2. The van der Waals surface area contributed by atoms with Gasteiger partial charge in [0.2, 0.25) is 0 Å². The second kappa shape index (κ2) is 9.22. The number of rotatable bonds is 6. The molecule has 0 fully saturated rings. The Hall–Kier alpha value is -2.36. The molecular weight excluding hydrogens is 465 g/mol. The molecule has 0 unspecified atom stereocenters. The minimum Gasteiger partial charge on any atom is -0.497 e. The number of hydrogen-bond acceptors (Lipinski definition) is 5. The average molecular weight is 480 g/mol. The lowest BCUT2D eigenvalue weighted by atomic mass is 10.3. The van der Waals surface area contributed by atoms with Crippen LogP contribution in [0.15, 0.2) is 69.0 Å². The summed E-state index contributed by atoms with van der Waals surface area (Å²) >= 11 is 9.69. The maximum absolute atomic E-state index is 13.3. The van der Waals surface area contributed by atoms with Crippen LogP contribution in [0.25, 0.3) is 0 Å². The number of pyridine rings is 1. The van der Waals surface area contributed by atoms with Gasteiger partial charge in [0.15, 0.2) is 16.7 Å². The van der Waals surface area contributed by atoms with Gasteiger partial charge in [-0.1, -0.05) is 17.8 Å². The normalized spacial score (nSPS) is 10.4. The van der Waals surface area contributed by atoms with Crippen molar-refractivity contribution >= 4 is 50.8 Å². The van der Waals surface area contributed by atoms with Crippen molar-refractivity contribution in [1.29, 1.82) is 0 Å². The fourth-order valence-electron chi connectivity index (χ4n) is 2.25. The van der Waals surface area contributed by atoms with Crippen LogP contribution in [0.4, 0.5) is 10.2 Å². The number of nitrogens with one attached hydrogen (secondary N) is 1. The first-order valence-electron chi connectivity index (χ1n) is 7.96. The predicted octanol–water partition coefficient (Wildman–Crippen LogP) is 5.59. The largest absolute Gasteiger partial charge is 0.497 e. The van der Waals surface area contributed by atoms with E-state index in [1.54, 1.807) is 19.4 Å². The third-order valence-corrected chi connectivity index (χ3v) is 5.13. The molecule has 0 atom stereocenters. The third-order valence-electron chi connectivity index (χ3n) is 3.46. The predicted molar refractivity (Wildman–Crippen MR) is 116 cm³/mol. The molecule has 28 heavy (non-hydrogen) atoms. The summed E-state index contributed by atoms with van der Waals surface area (Å²) in [7, 11) is 1.62. The van der Waals surface area contributed by atoms with Crippen molar-refractivity contribution in [3.05, 3.63) is 65.0 Å². The molecule has 3 aromatic rings. The summed E-state index contributed by atoms with van der Waals surface area (Å²) in [5, 5.41) is 2.85. The minimum absolute atomic E-state index is 0.0590. The molecule has 5 nitrogen and oxygen atoms in total. The second-order valence-corrected chi connectivity index (χ2v) is 7.91. The van der Waals surface area contributed by atoms with Gasteiger partial charge >= 0.3 is 0 Å². The van der Waals surface area contributed by atoms with Crippen molar-refractivity contribution in [2.45, 2.75) is 9.79 Å². The topological polar surface area (TPSA) is 69.4 Å². The number of halogens is 2. The smallest absolute Gasteiger partial charge is 0.175 e. The van der Waals surface area contributed by atoms with Crippen LogP contribution in [0.1, 0.15) is 0 Å². The zero-order chi connectivity index (χ0) is 20.1. The highest BCUT2D eigenvalue weighted by molar-refractivity contribution is 9.10. The van der Waals surface area contributed by atoms with Crippen LogP contribution in [0.2, 0.25) is 0 Å². The molecule has 0 saturated heterocycles. The molecule has 0 aliphatic carbocycles. The van der Waals surface area contributed by atoms with Gasteiger partial charge in [0.25, 0.3) is 0 Å². The maximum atomic E-state index is 13.3. The molecule has 9 heteroatoms.